The van der Waals surface area contributed by atoms with Gasteiger partial charge in [-0.1, -0.05) is 30.7 Å². The predicted molar refractivity (Wildman–Crippen MR) is 65.2 cm³/mol. The van der Waals surface area contributed by atoms with Crippen molar-refractivity contribution < 1.29 is 17.6 Å². The Labute approximate surface area is 112 Å². The van der Waals surface area contributed by atoms with Crippen LogP contribution in [0.15, 0.2) is 30.3 Å². The van der Waals surface area contributed by atoms with Crippen LogP contribution in [0.4, 0.5) is 17.6 Å². The molecule has 0 nitrogen and oxygen atoms in total. The maximum atomic E-state index is 13.7. The van der Waals surface area contributed by atoms with Crippen molar-refractivity contribution in [2.75, 3.05) is 0 Å². The largest absolute Gasteiger partial charge is 0.204 e. The first-order valence-electron chi connectivity index (χ1n) is 5.50. The van der Waals surface area contributed by atoms with Gasteiger partial charge < -0.3 is 0 Å². The Hall–Kier alpha value is -1.55. The zero-order valence-corrected chi connectivity index (χ0v) is 10.6. The van der Waals surface area contributed by atoms with Crippen molar-refractivity contribution in [3.8, 4) is 0 Å². The van der Waals surface area contributed by atoms with Crippen molar-refractivity contribution in [1.29, 1.82) is 0 Å². The van der Waals surface area contributed by atoms with Crippen LogP contribution in [-0.4, -0.2) is 0 Å². The second kappa shape index (κ2) is 5.21. The molecular formula is C14H9ClF4. The first-order chi connectivity index (χ1) is 8.91. The smallest absolute Gasteiger partial charge is 0.165 e. The summed E-state index contributed by atoms with van der Waals surface area (Å²) in [5, 5.41) is 0.460. The quantitative estimate of drug-likeness (QED) is 0.536. The maximum absolute atomic E-state index is 13.7. The Morgan fingerprint density at radius 2 is 1.37 bits per heavy atom. The summed E-state index contributed by atoms with van der Waals surface area (Å²) < 4.78 is 53.6. The molecule has 0 aliphatic rings. The molecule has 0 saturated heterocycles. The molecule has 5 heteroatoms. The Bertz CT molecular complexity index is 582. The summed E-state index contributed by atoms with van der Waals surface area (Å²) >= 11 is 5.71. The summed E-state index contributed by atoms with van der Waals surface area (Å²) in [6, 6.07) is 6.38. The zero-order chi connectivity index (χ0) is 14.2. The van der Waals surface area contributed by atoms with Gasteiger partial charge in [0.15, 0.2) is 23.3 Å². The lowest BCUT2D eigenvalue weighted by Crippen LogP contribution is -2.07. The molecule has 2 aromatic carbocycles. The van der Waals surface area contributed by atoms with Crippen LogP contribution < -0.4 is 0 Å². The van der Waals surface area contributed by atoms with Crippen LogP contribution in [0, 0.1) is 23.3 Å². The minimum absolute atomic E-state index is 0.197. The molecule has 0 aliphatic heterocycles. The Balaban J connectivity index is 2.55. The molecule has 0 aliphatic carbocycles. The minimum atomic E-state index is -1.41. The zero-order valence-electron chi connectivity index (χ0n) is 9.85. The predicted octanol–water partition coefficient (Wildman–Crippen LogP) is 5.05. The molecule has 1 unspecified atom stereocenters. The first kappa shape index (κ1) is 13.9. The standard InChI is InChI=1S/C14H9ClF4/c1-7(8-2-4-9(15)5-3-8)12-13(18)10(16)6-11(17)14(12)19/h2-7H,1H3. The maximum Gasteiger partial charge on any atom is 0.165 e. The minimum Gasteiger partial charge on any atom is -0.204 e. The molecule has 0 amide bonds. The van der Waals surface area contributed by atoms with Gasteiger partial charge in [-0.25, -0.2) is 17.6 Å². The fourth-order valence-electron chi connectivity index (χ4n) is 1.89. The van der Waals surface area contributed by atoms with Gasteiger partial charge in [-0.15, -0.1) is 0 Å². The van der Waals surface area contributed by atoms with Crippen molar-refractivity contribution in [3.05, 3.63) is 69.8 Å². The van der Waals surface area contributed by atoms with Crippen molar-refractivity contribution >= 4 is 11.6 Å². The number of rotatable bonds is 2. The second-order valence-electron chi connectivity index (χ2n) is 4.16. The molecule has 0 heterocycles. The normalized spacial score (nSPS) is 12.5. The number of benzene rings is 2. The van der Waals surface area contributed by atoms with Gasteiger partial charge in [0.25, 0.3) is 0 Å². The molecule has 0 N–H and O–H groups in total. The van der Waals surface area contributed by atoms with Crippen LogP contribution in [-0.2, 0) is 0 Å². The van der Waals surface area contributed by atoms with E-state index in [1.54, 1.807) is 24.3 Å². The molecule has 0 radical (unpaired) electrons. The van der Waals surface area contributed by atoms with E-state index in [9.17, 15) is 17.6 Å². The number of halogens is 5. The van der Waals surface area contributed by atoms with Gasteiger partial charge in [0, 0.05) is 22.6 Å². The van der Waals surface area contributed by atoms with E-state index in [1.165, 1.54) is 6.92 Å². The monoisotopic (exact) mass is 288 g/mol. The highest BCUT2D eigenvalue weighted by Gasteiger charge is 2.24. The van der Waals surface area contributed by atoms with E-state index in [-0.39, 0.29) is 6.07 Å². The van der Waals surface area contributed by atoms with Crippen LogP contribution in [0.5, 0.6) is 0 Å². The molecule has 19 heavy (non-hydrogen) atoms. The molecule has 2 rings (SSSR count). The third kappa shape index (κ3) is 2.59. The van der Waals surface area contributed by atoms with Gasteiger partial charge in [-0.2, -0.15) is 0 Å². The average Bonchev–Trinajstić information content (AvgIpc) is 2.37. The van der Waals surface area contributed by atoms with Crippen LogP contribution in [0.2, 0.25) is 5.02 Å². The number of hydrogen-bond acceptors (Lipinski definition) is 0. The molecule has 0 spiro atoms. The van der Waals surface area contributed by atoms with Crippen molar-refractivity contribution in [1.82, 2.24) is 0 Å². The van der Waals surface area contributed by atoms with Gasteiger partial charge in [0.05, 0.1) is 0 Å². The molecule has 100 valence electrons. The lowest BCUT2D eigenvalue weighted by atomic mass is 9.92. The van der Waals surface area contributed by atoms with E-state index in [0.29, 0.717) is 10.6 Å². The fourth-order valence-corrected chi connectivity index (χ4v) is 2.02. The van der Waals surface area contributed by atoms with Gasteiger partial charge >= 0.3 is 0 Å². The number of hydrogen-bond donors (Lipinski definition) is 0. The molecule has 0 bridgehead atoms. The molecular weight excluding hydrogens is 280 g/mol. The second-order valence-corrected chi connectivity index (χ2v) is 4.59. The average molecular weight is 289 g/mol. The fraction of sp³-hybridized carbons (Fsp3) is 0.143. The third-order valence-electron chi connectivity index (χ3n) is 2.95. The van der Waals surface area contributed by atoms with Gasteiger partial charge in [0.1, 0.15) is 0 Å². The van der Waals surface area contributed by atoms with Gasteiger partial charge in [0.2, 0.25) is 0 Å². The Kier molecular flexibility index (Phi) is 3.80. The van der Waals surface area contributed by atoms with Crippen LogP contribution in [0.25, 0.3) is 0 Å². The van der Waals surface area contributed by atoms with Gasteiger partial charge in [-0.05, 0) is 17.7 Å². The van der Waals surface area contributed by atoms with E-state index in [0.717, 1.165) is 0 Å². The summed E-state index contributed by atoms with van der Waals surface area (Å²) in [7, 11) is 0. The molecule has 1 atom stereocenters. The Morgan fingerprint density at radius 1 is 0.895 bits per heavy atom. The molecule has 0 fully saturated rings. The van der Waals surface area contributed by atoms with Crippen molar-refractivity contribution in [2.24, 2.45) is 0 Å². The Morgan fingerprint density at radius 3 is 1.84 bits per heavy atom. The highest BCUT2D eigenvalue weighted by molar-refractivity contribution is 6.30. The van der Waals surface area contributed by atoms with Crippen LogP contribution in [0.3, 0.4) is 0 Å². The van der Waals surface area contributed by atoms with Crippen LogP contribution >= 0.6 is 11.6 Å². The van der Waals surface area contributed by atoms with E-state index in [2.05, 4.69) is 0 Å². The highest BCUT2D eigenvalue weighted by Crippen LogP contribution is 2.31. The summed E-state index contributed by atoms with van der Waals surface area (Å²) in [5.74, 6) is -6.39. The van der Waals surface area contributed by atoms with E-state index >= 15 is 0 Å². The van der Waals surface area contributed by atoms with E-state index in [1.807, 2.05) is 0 Å². The van der Waals surface area contributed by atoms with E-state index < -0.39 is 34.8 Å². The summed E-state index contributed by atoms with van der Waals surface area (Å²) in [6.45, 7) is 1.46. The third-order valence-corrected chi connectivity index (χ3v) is 3.20. The lowest BCUT2D eigenvalue weighted by molar-refractivity contribution is 0.435. The van der Waals surface area contributed by atoms with Crippen molar-refractivity contribution in [3.63, 3.8) is 0 Å². The molecule has 0 aromatic heterocycles. The molecule has 2 aromatic rings. The molecule has 0 saturated carbocycles. The summed E-state index contributed by atoms with van der Waals surface area (Å²) in [5.41, 5.74) is -0.118. The highest BCUT2D eigenvalue weighted by atomic mass is 35.5. The summed E-state index contributed by atoms with van der Waals surface area (Å²) in [4.78, 5) is 0. The first-order valence-corrected chi connectivity index (χ1v) is 5.88. The van der Waals surface area contributed by atoms with Crippen molar-refractivity contribution in [2.45, 2.75) is 12.8 Å². The SMILES string of the molecule is CC(c1ccc(Cl)cc1)c1c(F)c(F)cc(F)c1F. The van der Waals surface area contributed by atoms with Gasteiger partial charge in [-0.3, -0.25) is 0 Å². The summed E-state index contributed by atoms with van der Waals surface area (Å²) in [6.07, 6.45) is 0. The van der Waals surface area contributed by atoms with E-state index in [4.69, 9.17) is 11.6 Å². The lowest BCUT2D eigenvalue weighted by Gasteiger charge is -2.15. The van der Waals surface area contributed by atoms with Crippen LogP contribution in [0.1, 0.15) is 24.0 Å². The topological polar surface area (TPSA) is 0 Å².